The molecule has 2 N–H and O–H groups in total. The van der Waals surface area contributed by atoms with E-state index in [2.05, 4.69) is 0 Å². The van der Waals surface area contributed by atoms with Crippen molar-refractivity contribution < 1.29 is 14.3 Å². The summed E-state index contributed by atoms with van der Waals surface area (Å²) < 4.78 is 5.10. The number of rotatable bonds is 5. The van der Waals surface area contributed by atoms with E-state index in [-0.39, 0.29) is 24.0 Å². The molecule has 0 fully saturated rings. The number of nitrogens with zero attached hydrogens (tertiary/aromatic N) is 2. The van der Waals surface area contributed by atoms with Crippen molar-refractivity contribution >= 4 is 17.5 Å². The Balaban J connectivity index is 3.00. The molecule has 0 aliphatic carbocycles. The lowest BCUT2D eigenvalue weighted by molar-refractivity contribution is -0.129. The van der Waals surface area contributed by atoms with Gasteiger partial charge in [-0.25, -0.2) is 0 Å². The highest BCUT2D eigenvalue weighted by Crippen LogP contribution is 2.25. The minimum Gasteiger partial charge on any atom is -0.495 e. The summed E-state index contributed by atoms with van der Waals surface area (Å²) in [5, 5.41) is 0. The van der Waals surface area contributed by atoms with Gasteiger partial charge in [0.1, 0.15) is 5.75 Å². The fourth-order valence-corrected chi connectivity index (χ4v) is 1.71. The molecule has 0 aromatic heterocycles. The van der Waals surface area contributed by atoms with E-state index >= 15 is 0 Å². The molecule has 0 saturated carbocycles. The van der Waals surface area contributed by atoms with Gasteiger partial charge in [-0.3, -0.25) is 9.59 Å². The third kappa shape index (κ3) is 3.40. The summed E-state index contributed by atoms with van der Waals surface area (Å²) >= 11 is 0. The molecule has 6 heteroatoms. The third-order valence-electron chi connectivity index (χ3n) is 3.01. The molecule has 0 spiro atoms. The lowest BCUT2D eigenvalue weighted by Crippen LogP contribution is -2.40. The first kappa shape index (κ1) is 15.8. The van der Waals surface area contributed by atoms with Gasteiger partial charge in [-0.05, 0) is 19.1 Å². The quantitative estimate of drug-likeness (QED) is 0.810. The summed E-state index contributed by atoms with van der Waals surface area (Å²) in [7, 11) is 4.80. The van der Waals surface area contributed by atoms with Crippen LogP contribution in [0.2, 0.25) is 0 Å². The average Bonchev–Trinajstić information content (AvgIpc) is 2.43. The molecule has 0 heterocycles. The molecular formula is C14H21N3O3. The molecule has 0 aliphatic heterocycles. The number of anilines is 1. The van der Waals surface area contributed by atoms with Crippen LogP contribution in [0.4, 0.5) is 5.69 Å². The molecule has 0 radical (unpaired) electrons. The molecule has 0 atom stereocenters. The first-order chi connectivity index (χ1) is 9.42. The minimum absolute atomic E-state index is 0.0268. The van der Waals surface area contributed by atoms with E-state index < -0.39 is 0 Å². The van der Waals surface area contributed by atoms with Gasteiger partial charge < -0.3 is 20.3 Å². The predicted molar refractivity (Wildman–Crippen MR) is 77.7 cm³/mol. The zero-order chi connectivity index (χ0) is 15.3. The molecule has 1 aromatic carbocycles. The van der Waals surface area contributed by atoms with Crippen molar-refractivity contribution in [2.24, 2.45) is 0 Å². The SMILES string of the molecule is CCN(CC(=O)N(C)C)C(=O)c1cccc(OC)c1N. The number of benzene rings is 1. The van der Waals surface area contributed by atoms with Crippen LogP contribution in [0.3, 0.4) is 0 Å². The highest BCUT2D eigenvalue weighted by Gasteiger charge is 2.21. The van der Waals surface area contributed by atoms with Gasteiger partial charge >= 0.3 is 0 Å². The van der Waals surface area contributed by atoms with E-state index in [1.807, 2.05) is 6.92 Å². The van der Waals surface area contributed by atoms with E-state index in [1.165, 1.54) is 16.9 Å². The first-order valence-electron chi connectivity index (χ1n) is 6.34. The highest BCUT2D eigenvalue weighted by molar-refractivity contribution is 6.01. The van der Waals surface area contributed by atoms with Gasteiger partial charge in [0.05, 0.1) is 24.9 Å². The van der Waals surface area contributed by atoms with Gasteiger partial charge in [0.2, 0.25) is 5.91 Å². The Morgan fingerprint density at radius 3 is 2.45 bits per heavy atom. The highest BCUT2D eigenvalue weighted by atomic mass is 16.5. The van der Waals surface area contributed by atoms with Gasteiger partial charge in [-0.15, -0.1) is 0 Å². The number of nitrogens with two attached hydrogens (primary N) is 1. The number of carbonyl (C=O) groups excluding carboxylic acids is 2. The number of methoxy groups -OCH3 is 1. The number of para-hydroxylation sites is 1. The van der Waals surface area contributed by atoms with Gasteiger partial charge in [-0.1, -0.05) is 6.07 Å². The maximum Gasteiger partial charge on any atom is 0.256 e. The lowest BCUT2D eigenvalue weighted by atomic mass is 10.1. The van der Waals surface area contributed by atoms with Crippen LogP contribution in [0, 0.1) is 0 Å². The lowest BCUT2D eigenvalue weighted by Gasteiger charge is -2.23. The van der Waals surface area contributed by atoms with Crippen LogP contribution in [0.5, 0.6) is 5.75 Å². The van der Waals surface area contributed by atoms with Crippen molar-refractivity contribution in [2.75, 3.05) is 40.0 Å². The Morgan fingerprint density at radius 1 is 1.30 bits per heavy atom. The zero-order valence-electron chi connectivity index (χ0n) is 12.3. The number of amides is 2. The third-order valence-corrected chi connectivity index (χ3v) is 3.01. The second kappa shape index (κ2) is 6.79. The Labute approximate surface area is 119 Å². The Kier molecular flexibility index (Phi) is 5.37. The number of ether oxygens (including phenoxy) is 1. The van der Waals surface area contributed by atoms with Crippen LogP contribution in [-0.4, -0.2) is 55.9 Å². The molecule has 1 aromatic rings. The summed E-state index contributed by atoms with van der Waals surface area (Å²) in [5.74, 6) is 0.0339. The average molecular weight is 279 g/mol. The smallest absolute Gasteiger partial charge is 0.256 e. The molecule has 0 bridgehead atoms. The molecule has 2 amide bonds. The van der Waals surface area contributed by atoms with Crippen LogP contribution >= 0.6 is 0 Å². The minimum atomic E-state index is -0.279. The molecule has 1 rings (SSSR count). The van der Waals surface area contributed by atoms with Gasteiger partial charge in [0.25, 0.3) is 5.91 Å². The van der Waals surface area contributed by atoms with Crippen LogP contribution in [-0.2, 0) is 4.79 Å². The van der Waals surface area contributed by atoms with Crippen molar-refractivity contribution in [2.45, 2.75) is 6.92 Å². The second-order valence-electron chi connectivity index (χ2n) is 4.53. The maximum atomic E-state index is 12.4. The van der Waals surface area contributed by atoms with E-state index in [4.69, 9.17) is 10.5 Å². The molecule has 110 valence electrons. The Bertz CT molecular complexity index is 500. The normalized spacial score (nSPS) is 10.0. The van der Waals surface area contributed by atoms with Gasteiger partial charge in [0, 0.05) is 20.6 Å². The summed E-state index contributed by atoms with van der Waals surface area (Å²) in [4.78, 5) is 27.1. The number of carbonyl (C=O) groups is 2. The van der Waals surface area contributed by atoms with Crippen LogP contribution in [0.25, 0.3) is 0 Å². The first-order valence-corrected chi connectivity index (χ1v) is 6.34. The Morgan fingerprint density at radius 2 is 1.95 bits per heavy atom. The number of hydrogen-bond donors (Lipinski definition) is 1. The van der Waals surface area contributed by atoms with Crippen molar-refractivity contribution in [1.29, 1.82) is 0 Å². The zero-order valence-corrected chi connectivity index (χ0v) is 12.3. The molecule has 0 saturated heterocycles. The summed E-state index contributed by atoms with van der Waals surface area (Å²) in [5.41, 5.74) is 6.54. The molecule has 0 unspecified atom stereocenters. The Hall–Kier alpha value is -2.24. The van der Waals surface area contributed by atoms with E-state index in [0.717, 1.165) is 0 Å². The summed E-state index contributed by atoms with van der Waals surface area (Å²) in [6.07, 6.45) is 0. The predicted octanol–water partition coefficient (Wildman–Crippen LogP) is 0.828. The molecular weight excluding hydrogens is 258 g/mol. The van der Waals surface area contributed by atoms with E-state index in [1.54, 1.807) is 32.3 Å². The molecule has 20 heavy (non-hydrogen) atoms. The fraction of sp³-hybridized carbons (Fsp3) is 0.429. The summed E-state index contributed by atoms with van der Waals surface area (Å²) in [6, 6.07) is 5.01. The van der Waals surface area contributed by atoms with Crippen LogP contribution in [0.1, 0.15) is 17.3 Å². The van der Waals surface area contributed by atoms with Crippen molar-refractivity contribution in [3.8, 4) is 5.75 Å². The number of likely N-dealkylation sites (N-methyl/N-ethyl adjacent to an activating group) is 2. The van der Waals surface area contributed by atoms with Gasteiger partial charge in [0.15, 0.2) is 0 Å². The van der Waals surface area contributed by atoms with Crippen molar-refractivity contribution in [3.63, 3.8) is 0 Å². The van der Waals surface area contributed by atoms with E-state index in [0.29, 0.717) is 17.9 Å². The van der Waals surface area contributed by atoms with Crippen LogP contribution in [0.15, 0.2) is 18.2 Å². The van der Waals surface area contributed by atoms with Crippen LogP contribution < -0.4 is 10.5 Å². The van der Waals surface area contributed by atoms with E-state index in [9.17, 15) is 9.59 Å². The topological polar surface area (TPSA) is 75.9 Å². The molecule has 0 aliphatic rings. The van der Waals surface area contributed by atoms with Crippen molar-refractivity contribution in [1.82, 2.24) is 9.80 Å². The second-order valence-corrected chi connectivity index (χ2v) is 4.53. The fourth-order valence-electron chi connectivity index (χ4n) is 1.71. The van der Waals surface area contributed by atoms with Crippen molar-refractivity contribution in [3.05, 3.63) is 23.8 Å². The monoisotopic (exact) mass is 279 g/mol. The van der Waals surface area contributed by atoms with Gasteiger partial charge in [-0.2, -0.15) is 0 Å². The maximum absolute atomic E-state index is 12.4. The largest absolute Gasteiger partial charge is 0.495 e. The molecule has 6 nitrogen and oxygen atoms in total. The number of hydrogen-bond acceptors (Lipinski definition) is 4. The standard InChI is InChI=1S/C14H21N3O3/c1-5-17(9-12(18)16(2)3)14(19)10-7-6-8-11(20-4)13(10)15/h6-8H,5,9,15H2,1-4H3. The number of nitrogen functional groups attached to an aromatic ring is 1. The summed E-state index contributed by atoms with van der Waals surface area (Å²) in [6.45, 7) is 2.27.